The number of hydrogen-bond acceptors (Lipinski definition) is 5. The topological polar surface area (TPSA) is 75.7 Å². The molecule has 1 aliphatic carbocycles. The summed E-state index contributed by atoms with van der Waals surface area (Å²) in [7, 11) is 0. The molecule has 1 saturated heterocycles. The van der Waals surface area contributed by atoms with Crippen LogP contribution < -0.4 is 5.32 Å². The number of rotatable bonds is 5. The second-order valence-electron chi connectivity index (χ2n) is 6.21. The fourth-order valence-corrected chi connectivity index (χ4v) is 4.20. The number of amides is 2. The normalized spacial score (nSPS) is 20.8. The maximum atomic E-state index is 12.5. The molecule has 7 heteroatoms. The molecule has 138 valence electrons. The molecule has 3 rings (SSSR count). The number of thioether (sulfide) groups is 1. The van der Waals surface area contributed by atoms with Crippen molar-refractivity contribution in [2.24, 2.45) is 0 Å². The average Bonchev–Trinajstić information content (AvgIpc) is 2.95. The molecule has 1 heterocycles. The minimum absolute atomic E-state index is 0.0321. The lowest BCUT2D eigenvalue weighted by molar-refractivity contribution is -0.137. The van der Waals surface area contributed by atoms with Gasteiger partial charge in [-0.2, -0.15) is 0 Å². The molecule has 0 bridgehead atoms. The van der Waals surface area contributed by atoms with E-state index in [0.717, 1.165) is 24.8 Å². The molecule has 0 radical (unpaired) electrons. The Balaban J connectivity index is 1.66. The van der Waals surface area contributed by atoms with E-state index in [2.05, 4.69) is 11.4 Å². The van der Waals surface area contributed by atoms with Gasteiger partial charge < -0.3 is 10.1 Å². The van der Waals surface area contributed by atoms with Gasteiger partial charge in [-0.1, -0.05) is 36.0 Å². The van der Waals surface area contributed by atoms with Crippen molar-refractivity contribution in [2.75, 3.05) is 18.9 Å². The van der Waals surface area contributed by atoms with Gasteiger partial charge in [-0.3, -0.25) is 14.5 Å². The van der Waals surface area contributed by atoms with Crippen LogP contribution in [0.1, 0.15) is 36.9 Å². The highest BCUT2D eigenvalue weighted by Crippen LogP contribution is 2.31. The van der Waals surface area contributed by atoms with Crippen LogP contribution >= 0.6 is 11.8 Å². The minimum Gasteiger partial charge on any atom is -0.463 e. The summed E-state index contributed by atoms with van der Waals surface area (Å²) in [6, 6.07) is 8.09. The van der Waals surface area contributed by atoms with Crippen LogP contribution in [0.5, 0.6) is 0 Å². The van der Waals surface area contributed by atoms with E-state index in [1.54, 1.807) is 6.92 Å². The molecular weight excluding hydrogens is 352 g/mol. The first-order valence-corrected chi connectivity index (χ1v) is 9.76. The third kappa shape index (κ3) is 4.27. The van der Waals surface area contributed by atoms with E-state index in [9.17, 15) is 14.4 Å². The summed E-state index contributed by atoms with van der Waals surface area (Å²) in [6.45, 7) is 1.90. The molecule has 1 aromatic rings. The third-order valence-corrected chi connectivity index (χ3v) is 5.47. The van der Waals surface area contributed by atoms with Crippen LogP contribution in [0.25, 0.3) is 0 Å². The lowest BCUT2D eigenvalue weighted by Crippen LogP contribution is -2.40. The van der Waals surface area contributed by atoms with E-state index in [0.29, 0.717) is 5.03 Å². The van der Waals surface area contributed by atoms with Gasteiger partial charge in [-0.15, -0.1) is 0 Å². The smallest absolute Gasteiger partial charge is 0.333 e. The summed E-state index contributed by atoms with van der Waals surface area (Å²) in [6.07, 6.45) is 4.21. The molecule has 1 fully saturated rings. The Labute approximate surface area is 157 Å². The van der Waals surface area contributed by atoms with Gasteiger partial charge in [0.25, 0.3) is 0 Å². The molecule has 0 spiro atoms. The Hall–Kier alpha value is -2.28. The Morgan fingerprint density at radius 2 is 2.19 bits per heavy atom. The molecule has 1 aromatic carbocycles. The number of benzene rings is 1. The number of nitrogens with one attached hydrogen (secondary N) is 1. The zero-order chi connectivity index (χ0) is 18.5. The van der Waals surface area contributed by atoms with Crippen LogP contribution in [0, 0.1) is 0 Å². The number of carbonyl (C=O) groups excluding carboxylic acids is 3. The predicted octanol–water partition coefficient (Wildman–Crippen LogP) is 2.16. The standard InChI is InChI=1S/C19H22N2O4S/c1-2-25-19(24)10-18-21(17(23)12-26-18)11-16(22)20-15-9-5-7-13-6-3-4-8-14(13)15/h3-4,6,8,10,15H,2,5,7,9,11-12H2,1H3,(H,20,22)/b18-10-. The maximum absolute atomic E-state index is 12.5. The number of carbonyl (C=O) groups is 3. The molecule has 1 aliphatic heterocycles. The van der Waals surface area contributed by atoms with Gasteiger partial charge in [0, 0.05) is 0 Å². The Morgan fingerprint density at radius 1 is 1.38 bits per heavy atom. The number of fused-ring (bicyclic) bond motifs is 1. The molecule has 1 atom stereocenters. The largest absolute Gasteiger partial charge is 0.463 e. The van der Waals surface area contributed by atoms with Crippen LogP contribution in [0.3, 0.4) is 0 Å². The van der Waals surface area contributed by atoms with Crippen LogP contribution in [0.4, 0.5) is 0 Å². The molecule has 2 aliphatic rings. The molecule has 0 aromatic heterocycles. The summed E-state index contributed by atoms with van der Waals surface area (Å²) >= 11 is 1.25. The van der Waals surface area contributed by atoms with E-state index in [1.807, 2.05) is 18.2 Å². The van der Waals surface area contributed by atoms with Crippen LogP contribution in [-0.4, -0.2) is 41.6 Å². The first-order chi connectivity index (χ1) is 12.6. The summed E-state index contributed by atoms with van der Waals surface area (Å²) < 4.78 is 4.89. The van der Waals surface area contributed by atoms with E-state index >= 15 is 0 Å². The molecular formula is C19H22N2O4S. The van der Waals surface area contributed by atoms with Gasteiger partial charge in [0.1, 0.15) is 6.54 Å². The molecule has 26 heavy (non-hydrogen) atoms. The highest BCUT2D eigenvalue weighted by Gasteiger charge is 2.30. The van der Waals surface area contributed by atoms with Gasteiger partial charge >= 0.3 is 5.97 Å². The lowest BCUT2D eigenvalue weighted by Gasteiger charge is -2.27. The number of nitrogens with zero attached hydrogens (tertiary/aromatic N) is 1. The minimum atomic E-state index is -0.503. The number of hydrogen-bond donors (Lipinski definition) is 1. The third-order valence-electron chi connectivity index (χ3n) is 4.44. The van der Waals surface area contributed by atoms with Crippen molar-refractivity contribution in [2.45, 2.75) is 32.2 Å². The van der Waals surface area contributed by atoms with E-state index in [1.165, 1.54) is 28.3 Å². The zero-order valence-electron chi connectivity index (χ0n) is 14.7. The number of ether oxygens (including phenoxy) is 1. The van der Waals surface area contributed by atoms with Gasteiger partial charge in [-0.05, 0) is 37.3 Å². The highest BCUT2D eigenvalue weighted by molar-refractivity contribution is 8.04. The van der Waals surface area contributed by atoms with Gasteiger partial charge in [0.15, 0.2) is 0 Å². The van der Waals surface area contributed by atoms with Crippen LogP contribution in [0.15, 0.2) is 35.4 Å². The first-order valence-electron chi connectivity index (χ1n) is 8.77. The molecule has 1 unspecified atom stereocenters. The van der Waals surface area contributed by atoms with Crippen molar-refractivity contribution in [3.05, 3.63) is 46.5 Å². The van der Waals surface area contributed by atoms with E-state index < -0.39 is 5.97 Å². The van der Waals surface area contributed by atoms with E-state index in [4.69, 9.17) is 4.74 Å². The number of esters is 1. The summed E-state index contributed by atoms with van der Waals surface area (Å²) in [4.78, 5) is 37.6. The number of aryl methyl sites for hydroxylation is 1. The van der Waals surface area contributed by atoms with Crippen molar-refractivity contribution in [1.82, 2.24) is 10.2 Å². The maximum Gasteiger partial charge on any atom is 0.333 e. The van der Waals surface area contributed by atoms with Crippen molar-refractivity contribution in [1.29, 1.82) is 0 Å². The van der Waals surface area contributed by atoms with Crippen LogP contribution in [0.2, 0.25) is 0 Å². The summed E-state index contributed by atoms with van der Waals surface area (Å²) in [5.74, 6) is -0.677. The summed E-state index contributed by atoms with van der Waals surface area (Å²) in [5.41, 5.74) is 2.41. The van der Waals surface area contributed by atoms with E-state index in [-0.39, 0.29) is 36.8 Å². The lowest BCUT2D eigenvalue weighted by atomic mass is 9.88. The fraction of sp³-hybridized carbons (Fsp3) is 0.421. The first kappa shape index (κ1) is 18.5. The molecule has 1 N–H and O–H groups in total. The second-order valence-corrected chi connectivity index (χ2v) is 7.21. The Morgan fingerprint density at radius 3 is 3.00 bits per heavy atom. The van der Waals surface area contributed by atoms with Crippen LogP contribution in [-0.2, 0) is 25.5 Å². The van der Waals surface area contributed by atoms with Gasteiger partial charge in [-0.25, -0.2) is 4.79 Å². The Kier molecular flexibility index (Phi) is 5.98. The van der Waals surface area contributed by atoms with Gasteiger partial charge in [0.05, 0.1) is 29.5 Å². The summed E-state index contributed by atoms with van der Waals surface area (Å²) in [5, 5.41) is 3.50. The van der Waals surface area contributed by atoms with Gasteiger partial charge in [0.2, 0.25) is 11.8 Å². The predicted molar refractivity (Wildman–Crippen MR) is 99.2 cm³/mol. The highest BCUT2D eigenvalue weighted by atomic mass is 32.2. The second kappa shape index (κ2) is 8.40. The Bertz CT molecular complexity index is 747. The quantitative estimate of drug-likeness (QED) is 0.631. The van der Waals surface area contributed by atoms with Crippen molar-refractivity contribution in [3.8, 4) is 0 Å². The van der Waals surface area contributed by atoms with Crippen molar-refractivity contribution >= 4 is 29.5 Å². The van der Waals surface area contributed by atoms with Crippen molar-refractivity contribution < 1.29 is 19.1 Å². The molecule has 2 amide bonds. The SMILES string of the molecule is CCOC(=O)/C=C1\SCC(=O)N1CC(=O)NC1CCCc2ccccc21. The zero-order valence-corrected chi connectivity index (χ0v) is 15.5. The molecule has 0 saturated carbocycles. The monoisotopic (exact) mass is 374 g/mol. The molecule has 6 nitrogen and oxygen atoms in total. The fourth-order valence-electron chi connectivity index (χ4n) is 3.27. The van der Waals surface area contributed by atoms with Crippen molar-refractivity contribution in [3.63, 3.8) is 0 Å². The average molecular weight is 374 g/mol.